The monoisotopic (exact) mass is 251 g/mol. The van der Waals surface area contributed by atoms with Crippen LogP contribution in [0.25, 0.3) is 0 Å². The number of anilines is 2. The molecule has 0 aliphatic rings. The smallest absolute Gasteiger partial charge is 0.354 e. The quantitative estimate of drug-likeness (QED) is 0.874. The molecule has 0 unspecified atom stereocenters. The van der Waals surface area contributed by atoms with Crippen molar-refractivity contribution in [3.63, 3.8) is 0 Å². The van der Waals surface area contributed by atoms with Gasteiger partial charge in [0, 0.05) is 18.0 Å². The second-order valence-corrected chi connectivity index (χ2v) is 3.32. The van der Waals surface area contributed by atoms with Crippen LogP contribution in [0.1, 0.15) is 10.5 Å². The number of aromatic carboxylic acids is 1. The molecule has 0 aliphatic carbocycles. The van der Waals surface area contributed by atoms with E-state index in [2.05, 4.69) is 15.3 Å². The van der Waals surface area contributed by atoms with Crippen molar-refractivity contribution in [2.45, 2.75) is 0 Å². The van der Waals surface area contributed by atoms with E-state index in [-0.39, 0.29) is 17.3 Å². The number of carboxylic acids is 1. The van der Waals surface area contributed by atoms with Gasteiger partial charge in [-0.1, -0.05) is 0 Å². The van der Waals surface area contributed by atoms with Gasteiger partial charge in [0.1, 0.15) is 0 Å². The second-order valence-electron chi connectivity index (χ2n) is 3.32. The van der Waals surface area contributed by atoms with Crippen molar-refractivity contribution in [3.8, 4) is 0 Å². The third-order valence-electron chi connectivity index (χ3n) is 2.05. The lowest BCUT2D eigenvalue weighted by atomic mass is 10.3. The van der Waals surface area contributed by atoms with Gasteiger partial charge in [-0.05, 0) is 18.2 Å². The van der Waals surface area contributed by atoms with Gasteiger partial charge in [-0.25, -0.2) is 23.5 Å². The minimum atomic E-state index is -1.20. The lowest BCUT2D eigenvalue weighted by molar-refractivity contribution is 0.0690. The molecule has 0 aliphatic heterocycles. The molecule has 0 amide bonds. The van der Waals surface area contributed by atoms with Crippen LogP contribution in [0.5, 0.6) is 0 Å². The van der Waals surface area contributed by atoms with Gasteiger partial charge in [-0.2, -0.15) is 0 Å². The van der Waals surface area contributed by atoms with E-state index in [1.54, 1.807) is 0 Å². The van der Waals surface area contributed by atoms with Crippen LogP contribution in [0.3, 0.4) is 0 Å². The third kappa shape index (κ3) is 2.57. The van der Waals surface area contributed by atoms with Gasteiger partial charge in [0.05, 0.1) is 0 Å². The highest BCUT2D eigenvalue weighted by molar-refractivity contribution is 5.85. The SMILES string of the molecule is O=C(O)c1ccnc(Nc2ccc(F)c(F)c2)n1. The highest BCUT2D eigenvalue weighted by Crippen LogP contribution is 2.16. The number of hydrogen-bond donors (Lipinski definition) is 2. The van der Waals surface area contributed by atoms with Gasteiger partial charge in [0.15, 0.2) is 17.3 Å². The summed E-state index contributed by atoms with van der Waals surface area (Å²) in [7, 11) is 0. The molecule has 0 atom stereocenters. The zero-order chi connectivity index (χ0) is 13.1. The Kier molecular flexibility index (Phi) is 3.13. The first-order chi connectivity index (χ1) is 8.56. The van der Waals surface area contributed by atoms with Crippen LogP contribution in [0.4, 0.5) is 20.4 Å². The van der Waals surface area contributed by atoms with Crippen molar-refractivity contribution in [2.24, 2.45) is 0 Å². The van der Waals surface area contributed by atoms with Gasteiger partial charge in [0.2, 0.25) is 5.95 Å². The first kappa shape index (κ1) is 11.9. The first-order valence-electron chi connectivity index (χ1n) is 4.84. The fourth-order valence-corrected chi connectivity index (χ4v) is 1.24. The van der Waals surface area contributed by atoms with Crippen molar-refractivity contribution in [1.29, 1.82) is 0 Å². The number of hydrogen-bond acceptors (Lipinski definition) is 4. The molecule has 2 N–H and O–H groups in total. The summed E-state index contributed by atoms with van der Waals surface area (Å²) in [6.45, 7) is 0. The molecule has 1 heterocycles. The fraction of sp³-hybridized carbons (Fsp3) is 0. The Morgan fingerprint density at radius 3 is 2.67 bits per heavy atom. The molecular weight excluding hydrogens is 244 g/mol. The van der Waals surface area contributed by atoms with E-state index in [0.29, 0.717) is 0 Å². The lowest BCUT2D eigenvalue weighted by Crippen LogP contribution is -2.04. The molecule has 92 valence electrons. The van der Waals surface area contributed by atoms with Gasteiger partial charge < -0.3 is 10.4 Å². The van der Waals surface area contributed by atoms with E-state index in [0.717, 1.165) is 12.1 Å². The van der Waals surface area contributed by atoms with Crippen LogP contribution in [0, 0.1) is 11.6 Å². The van der Waals surface area contributed by atoms with E-state index in [4.69, 9.17) is 5.11 Å². The Hall–Kier alpha value is -2.57. The third-order valence-corrected chi connectivity index (χ3v) is 2.05. The standard InChI is InChI=1S/C11H7F2N3O2/c12-7-2-1-6(5-8(7)13)15-11-14-4-3-9(16-11)10(17)18/h1-5H,(H,17,18)(H,14,15,16). The molecule has 0 bridgehead atoms. The summed E-state index contributed by atoms with van der Waals surface area (Å²) in [5.41, 5.74) is 0.0199. The Labute approximate surface area is 100 Å². The van der Waals surface area contributed by atoms with Crippen LogP contribution in [-0.2, 0) is 0 Å². The zero-order valence-electron chi connectivity index (χ0n) is 8.89. The van der Waals surface area contributed by atoms with E-state index in [1.807, 2.05) is 0 Å². The molecule has 18 heavy (non-hydrogen) atoms. The van der Waals surface area contributed by atoms with Crippen molar-refractivity contribution < 1.29 is 18.7 Å². The van der Waals surface area contributed by atoms with Crippen molar-refractivity contribution in [2.75, 3.05) is 5.32 Å². The molecule has 2 aromatic rings. The Balaban J connectivity index is 2.25. The number of carbonyl (C=O) groups is 1. The van der Waals surface area contributed by atoms with Crippen LogP contribution >= 0.6 is 0 Å². The van der Waals surface area contributed by atoms with Gasteiger partial charge in [-0.15, -0.1) is 0 Å². The molecular formula is C11H7F2N3O2. The molecule has 5 nitrogen and oxygen atoms in total. The Morgan fingerprint density at radius 1 is 1.22 bits per heavy atom. The van der Waals surface area contributed by atoms with Gasteiger partial charge in [0.25, 0.3) is 0 Å². The lowest BCUT2D eigenvalue weighted by Gasteiger charge is -2.05. The zero-order valence-corrected chi connectivity index (χ0v) is 8.89. The maximum absolute atomic E-state index is 12.9. The van der Waals surface area contributed by atoms with E-state index in [1.165, 1.54) is 18.3 Å². The Bertz CT molecular complexity index is 605. The number of benzene rings is 1. The van der Waals surface area contributed by atoms with Crippen LogP contribution in [0.2, 0.25) is 0 Å². The predicted octanol–water partition coefficient (Wildman–Crippen LogP) is 2.20. The molecule has 7 heteroatoms. The number of aromatic nitrogens is 2. The Morgan fingerprint density at radius 2 is 2.00 bits per heavy atom. The number of rotatable bonds is 3. The minimum absolute atomic E-state index is 0.0130. The summed E-state index contributed by atoms with van der Waals surface area (Å²) < 4.78 is 25.6. The average Bonchev–Trinajstić information content (AvgIpc) is 2.34. The summed E-state index contributed by atoms with van der Waals surface area (Å²) in [6, 6.07) is 4.37. The molecule has 0 saturated carbocycles. The van der Waals surface area contributed by atoms with Crippen LogP contribution in [0.15, 0.2) is 30.5 Å². The summed E-state index contributed by atoms with van der Waals surface area (Å²) in [5, 5.41) is 11.3. The molecule has 0 saturated heterocycles. The highest BCUT2D eigenvalue weighted by atomic mass is 19.2. The highest BCUT2D eigenvalue weighted by Gasteiger charge is 2.07. The second kappa shape index (κ2) is 4.74. The van der Waals surface area contributed by atoms with E-state index >= 15 is 0 Å². The summed E-state index contributed by atoms with van der Waals surface area (Å²) in [6.07, 6.45) is 1.25. The van der Waals surface area contributed by atoms with Crippen molar-refractivity contribution in [3.05, 3.63) is 47.8 Å². The normalized spacial score (nSPS) is 10.1. The van der Waals surface area contributed by atoms with Crippen LogP contribution in [-0.4, -0.2) is 21.0 Å². The topological polar surface area (TPSA) is 75.1 Å². The average molecular weight is 251 g/mol. The summed E-state index contributed by atoms with van der Waals surface area (Å²) in [5.74, 6) is -3.21. The molecule has 0 fully saturated rings. The first-order valence-corrected chi connectivity index (χ1v) is 4.84. The van der Waals surface area contributed by atoms with Crippen LogP contribution < -0.4 is 5.32 Å². The number of nitrogens with one attached hydrogen (secondary N) is 1. The summed E-state index contributed by atoms with van der Waals surface area (Å²) >= 11 is 0. The fourth-order valence-electron chi connectivity index (χ4n) is 1.24. The molecule has 1 aromatic heterocycles. The number of halogens is 2. The molecule has 2 rings (SSSR count). The molecule has 1 aromatic carbocycles. The minimum Gasteiger partial charge on any atom is -0.477 e. The van der Waals surface area contributed by atoms with Gasteiger partial charge in [-0.3, -0.25) is 0 Å². The maximum Gasteiger partial charge on any atom is 0.354 e. The van der Waals surface area contributed by atoms with E-state index in [9.17, 15) is 13.6 Å². The predicted molar refractivity (Wildman–Crippen MR) is 58.6 cm³/mol. The van der Waals surface area contributed by atoms with Gasteiger partial charge >= 0.3 is 5.97 Å². The number of carboxylic acid groups (broad SMARTS) is 1. The largest absolute Gasteiger partial charge is 0.477 e. The maximum atomic E-state index is 12.9. The summed E-state index contributed by atoms with van der Waals surface area (Å²) in [4.78, 5) is 18.1. The molecule has 0 radical (unpaired) electrons. The molecule has 0 spiro atoms. The van der Waals surface area contributed by atoms with E-state index < -0.39 is 17.6 Å². The number of nitrogens with zero attached hydrogens (tertiary/aromatic N) is 2. The van der Waals surface area contributed by atoms with Crippen molar-refractivity contribution >= 4 is 17.6 Å². The van der Waals surface area contributed by atoms with Crippen molar-refractivity contribution in [1.82, 2.24) is 9.97 Å².